The van der Waals surface area contributed by atoms with E-state index >= 15 is 0 Å². The Morgan fingerprint density at radius 1 is 1.04 bits per heavy atom. The molecule has 5 rings (SSSR count). The SMILES string of the molecule is Cc1ccc(C2=NN3C(C2)c2cc(Cl)ccc2OC3c2ccc(Br)cc2)cc1. The van der Waals surface area contributed by atoms with E-state index in [1.807, 2.05) is 30.3 Å². The first-order chi connectivity index (χ1) is 13.6. The lowest BCUT2D eigenvalue weighted by molar-refractivity contribution is -0.0190. The molecule has 0 spiro atoms. The standard InChI is InChI=1S/C23H18BrClN2O/c1-14-2-4-15(5-3-14)20-13-21-19-12-18(25)10-11-22(19)28-23(27(21)26-20)16-6-8-17(24)9-7-16/h2-12,21,23H,13H2,1H3. The van der Waals surface area contributed by atoms with Crippen molar-refractivity contribution in [1.29, 1.82) is 0 Å². The van der Waals surface area contributed by atoms with Crippen molar-refractivity contribution in [2.45, 2.75) is 25.6 Å². The summed E-state index contributed by atoms with van der Waals surface area (Å²) in [6.07, 6.45) is 0.557. The van der Waals surface area contributed by atoms with Gasteiger partial charge in [0, 0.05) is 27.0 Å². The molecule has 3 nitrogen and oxygen atoms in total. The van der Waals surface area contributed by atoms with Gasteiger partial charge in [0.15, 0.2) is 0 Å². The van der Waals surface area contributed by atoms with Crippen molar-refractivity contribution < 1.29 is 4.74 Å². The van der Waals surface area contributed by atoms with Crippen molar-refractivity contribution in [3.05, 3.63) is 98.5 Å². The molecule has 2 heterocycles. The molecule has 0 fully saturated rings. The Balaban J connectivity index is 1.59. The highest BCUT2D eigenvalue weighted by Gasteiger charge is 2.41. The third kappa shape index (κ3) is 3.11. The van der Waals surface area contributed by atoms with Crippen LogP contribution in [0.5, 0.6) is 5.75 Å². The predicted molar refractivity (Wildman–Crippen MR) is 116 cm³/mol. The highest BCUT2D eigenvalue weighted by Crippen LogP contribution is 2.48. The predicted octanol–water partition coefficient (Wildman–Crippen LogP) is 6.65. The van der Waals surface area contributed by atoms with E-state index in [4.69, 9.17) is 21.4 Å². The number of hydrazone groups is 1. The molecule has 0 saturated carbocycles. The van der Waals surface area contributed by atoms with Gasteiger partial charge in [0.25, 0.3) is 0 Å². The molecule has 0 saturated heterocycles. The van der Waals surface area contributed by atoms with Crippen LogP contribution in [0.3, 0.4) is 0 Å². The first-order valence-electron chi connectivity index (χ1n) is 9.23. The van der Waals surface area contributed by atoms with E-state index in [2.05, 4.69) is 64.3 Å². The topological polar surface area (TPSA) is 24.8 Å². The average Bonchev–Trinajstić information content (AvgIpc) is 3.14. The number of hydrogen-bond acceptors (Lipinski definition) is 3. The second-order valence-corrected chi connectivity index (χ2v) is 8.57. The van der Waals surface area contributed by atoms with Crippen LogP contribution < -0.4 is 4.74 Å². The van der Waals surface area contributed by atoms with Crippen LogP contribution in [0.15, 0.2) is 76.3 Å². The molecular weight excluding hydrogens is 436 g/mol. The third-order valence-electron chi connectivity index (χ3n) is 5.29. The summed E-state index contributed by atoms with van der Waals surface area (Å²) in [6, 6.07) is 22.7. The lowest BCUT2D eigenvalue weighted by Crippen LogP contribution is -2.33. The molecule has 0 N–H and O–H groups in total. The molecule has 0 amide bonds. The monoisotopic (exact) mass is 452 g/mol. The van der Waals surface area contributed by atoms with Gasteiger partial charge in [-0.1, -0.05) is 69.5 Å². The maximum Gasteiger partial charge on any atom is 0.213 e. The Bertz CT molecular complexity index is 1060. The van der Waals surface area contributed by atoms with Gasteiger partial charge in [-0.2, -0.15) is 5.10 Å². The summed E-state index contributed by atoms with van der Waals surface area (Å²) >= 11 is 9.80. The summed E-state index contributed by atoms with van der Waals surface area (Å²) in [6.45, 7) is 2.10. The highest BCUT2D eigenvalue weighted by atomic mass is 79.9. The molecule has 0 aromatic heterocycles. The number of halogens is 2. The second-order valence-electron chi connectivity index (χ2n) is 7.22. The van der Waals surface area contributed by atoms with E-state index < -0.39 is 0 Å². The van der Waals surface area contributed by atoms with Gasteiger partial charge in [0.1, 0.15) is 5.75 Å². The molecule has 2 unspecified atom stereocenters. The first-order valence-corrected chi connectivity index (χ1v) is 10.4. The normalized spacial score (nSPS) is 20.2. The summed E-state index contributed by atoms with van der Waals surface area (Å²) in [5.41, 5.74) is 5.63. The summed E-state index contributed by atoms with van der Waals surface area (Å²) in [5.74, 6) is 0.874. The van der Waals surface area contributed by atoms with Crippen molar-refractivity contribution in [2.24, 2.45) is 5.10 Å². The van der Waals surface area contributed by atoms with Gasteiger partial charge in [0.2, 0.25) is 6.23 Å². The van der Waals surface area contributed by atoms with Gasteiger partial charge < -0.3 is 4.74 Å². The Hall–Kier alpha value is -2.30. The van der Waals surface area contributed by atoms with Crippen LogP contribution in [0.4, 0.5) is 0 Å². The van der Waals surface area contributed by atoms with Crippen molar-refractivity contribution in [3.63, 3.8) is 0 Å². The van der Waals surface area contributed by atoms with Gasteiger partial charge >= 0.3 is 0 Å². The maximum atomic E-state index is 6.37. The Labute approximate surface area is 177 Å². The van der Waals surface area contributed by atoms with E-state index in [0.29, 0.717) is 5.02 Å². The molecule has 28 heavy (non-hydrogen) atoms. The van der Waals surface area contributed by atoms with Crippen molar-refractivity contribution in [2.75, 3.05) is 0 Å². The highest BCUT2D eigenvalue weighted by molar-refractivity contribution is 9.10. The molecule has 2 atom stereocenters. The maximum absolute atomic E-state index is 6.37. The largest absolute Gasteiger partial charge is 0.464 e. The number of nitrogens with zero attached hydrogens (tertiary/aromatic N) is 2. The van der Waals surface area contributed by atoms with Crippen molar-refractivity contribution in [3.8, 4) is 5.75 Å². The minimum absolute atomic E-state index is 0.104. The zero-order valence-electron chi connectivity index (χ0n) is 15.3. The summed E-state index contributed by atoms with van der Waals surface area (Å²) < 4.78 is 7.42. The summed E-state index contributed by atoms with van der Waals surface area (Å²) in [7, 11) is 0. The molecule has 2 aliphatic heterocycles. The lowest BCUT2D eigenvalue weighted by Gasteiger charge is -2.38. The molecule has 140 valence electrons. The van der Waals surface area contributed by atoms with Crippen LogP contribution >= 0.6 is 27.5 Å². The second kappa shape index (κ2) is 6.94. The van der Waals surface area contributed by atoms with Crippen molar-refractivity contribution >= 4 is 33.2 Å². The van der Waals surface area contributed by atoms with Gasteiger partial charge in [-0.05, 0) is 42.8 Å². The quantitative estimate of drug-likeness (QED) is 0.434. The molecule has 3 aromatic carbocycles. The van der Waals surface area contributed by atoms with Crippen LogP contribution in [0.1, 0.15) is 40.9 Å². The van der Waals surface area contributed by atoms with Crippen LogP contribution in [-0.2, 0) is 0 Å². The van der Waals surface area contributed by atoms with E-state index in [-0.39, 0.29) is 12.3 Å². The number of rotatable bonds is 2. The fourth-order valence-corrected chi connectivity index (χ4v) is 4.27. The minimum Gasteiger partial charge on any atom is -0.464 e. The molecule has 3 aromatic rings. The van der Waals surface area contributed by atoms with Gasteiger partial charge in [-0.3, -0.25) is 0 Å². The van der Waals surface area contributed by atoms with E-state index in [1.54, 1.807) is 0 Å². The molecule has 5 heteroatoms. The Morgan fingerprint density at radius 2 is 1.79 bits per heavy atom. The van der Waals surface area contributed by atoms with E-state index in [1.165, 1.54) is 5.56 Å². The van der Waals surface area contributed by atoms with Crippen LogP contribution in [0.2, 0.25) is 5.02 Å². The molecular formula is C23H18BrClN2O. The molecule has 0 radical (unpaired) electrons. The van der Waals surface area contributed by atoms with Crippen LogP contribution in [0.25, 0.3) is 0 Å². The molecule has 0 bridgehead atoms. The van der Waals surface area contributed by atoms with Crippen molar-refractivity contribution in [1.82, 2.24) is 5.01 Å². The fraction of sp³-hybridized carbons (Fsp3) is 0.174. The van der Waals surface area contributed by atoms with Crippen LogP contribution in [-0.4, -0.2) is 10.7 Å². The third-order valence-corrected chi connectivity index (χ3v) is 6.06. The smallest absolute Gasteiger partial charge is 0.213 e. The van der Waals surface area contributed by atoms with E-state index in [0.717, 1.165) is 39.0 Å². The van der Waals surface area contributed by atoms with E-state index in [9.17, 15) is 0 Å². The van der Waals surface area contributed by atoms with Gasteiger partial charge in [-0.25, -0.2) is 5.01 Å². The first kappa shape index (κ1) is 17.8. The Morgan fingerprint density at radius 3 is 2.54 bits per heavy atom. The average molecular weight is 454 g/mol. The number of aryl methyl sites for hydroxylation is 1. The molecule has 2 aliphatic rings. The minimum atomic E-state index is -0.269. The number of ether oxygens (including phenoxy) is 1. The summed E-state index contributed by atoms with van der Waals surface area (Å²) in [4.78, 5) is 0. The zero-order chi connectivity index (χ0) is 19.3. The summed E-state index contributed by atoms with van der Waals surface area (Å²) in [5, 5.41) is 7.79. The zero-order valence-corrected chi connectivity index (χ0v) is 17.6. The Kier molecular flexibility index (Phi) is 4.41. The fourth-order valence-electron chi connectivity index (χ4n) is 3.83. The van der Waals surface area contributed by atoms with Crippen LogP contribution in [0, 0.1) is 6.92 Å². The number of benzene rings is 3. The number of hydrogen-bond donors (Lipinski definition) is 0. The number of fused-ring (bicyclic) bond motifs is 3. The van der Waals surface area contributed by atoms with Gasteiger partial charge in [0.05, 0.1) is 11.8 Å². The van der Waals surface area contributed by atoms with Gasteiger partial charge in [-0.15, -0.1) is 0 Å². The lowest BCUT2D eigenvalue weighted by atomic mass is 9.95. The molecule has 0 aliphatic carbocycles.